The van der Waals surface area contributed by atoms with Crippen LogP contribution in [0.1, 0.15) is 11.6 Å². The summed E-state index contributed by atoms with van der Waals surface area (Å²) in [7, 11) is 0. The minimum atomic E-state index is -4.83. The van der Waals surface area contributed by atoms with E-state index >= 15 is 0 Å². The molecular formula is C9H10BrClF3NO2. The Labute approximate surface area is 110 Å². The molecule has 0 fully saturated rings. The Balaban J connectivity index is 0.00000256. The molecule has 1 aromatic carbocycles. The maximum Gasteiger partial charge on any atom is 0.416 e. The van der Waals surface area contributed by atoms with Crippen molar-refractivity contribution in [2.24, 2.45) is 5.73 Å². The number of aliphatic hydroxyl groups excluding tert-OH is 1. The molecule has 0 saturated heterocycles. The molecule has 0 spiro atoms. The third-order valence-electron chi connectivity index (χ3n) is 2.05. The summed E-state index contributed by atoms with van der Waals surface area (Å²) in [5.74, 6) is -0.404. The van der Waals surface area contributed by atoms with Crippen LogP contribution in [0.4, 0.5) is 13.2 Å². The highest BCUT2D eigenvalue weighted by atomic mass is 79.9. The first-order valence-electron chi connectivity index (χ1n) is 4.23. The summed E-state index contributed by atoms with van der Waals surface area (Å²) in [6.07, 6.45) is -7.54. The number of halogens is 5. The third kappa shape index (κ3) is 3.74. The summed E-state index contributed by atoms with van der Waals surface area (Å²) < 4.78 is 36.8. The zero-order chi connectivity index (χ0) is 12.5. The molecule has 3 nitrogen and oxygen atoms in total. The largest absolute Gasteiger partial charge is 0.506 e. The highest BCUT2D eigenvalue weighted by molar-refractivity contribution is 9.10. The van der Waals surface area contributed by atoms with Crippen molar-refractivity contribution < 1.29 is 23.4 Å². The first-order valence-corrected chi connectivity index (χ1v) is 5.02. The minimum absolute atomic E-state index is 0. The predicted molar refractivity (Wildman–Crippen MR) is 62.0 cm³/mol. The molecule has 0 amide bonds. The van der Waals surface area contributed by atoms with Crippen molar-refractivity contribution in [3.63, 3.8) is 0 Å². The summed E-state index contributed by atoms with van der Waals surface area (Å²) in [5, 5.41) is 18.4. The molecule has 0 aliphatic heterocycles. The van der Waals surface area contributed by atoms with E-state index in [2.05, 4.69) is 15.9 Å². The number of aromatic hydroxyl groups is 1. The minimum Gasteiger partial charge on any atom is -0.506 e. The molecule has 0 aliphatic carbocycles. The Hall–Kier alpha value is -0.500. The van der Waals surface area contributed by atoms with Crippen molar-refractivity contribution in [1.82, 2.24) is 0 Å². The van der Waals surface area contributed by atoms with E-state index in [0.717, 1.165) is 0 Å². The second-order valence-corrected chi connectivity index (χ2v) is 4.04. The first-order chi connectivity index (χ1) is 7.25. The molecule has 17 heavy (non-hydrogen) atoms. The lowest BCUT2D eigenvalue weighted by Gasteiger charge is -2.22. The fourth-order valence-corrected chi connectivity index (χ4v) is 1.56. The van der Waals surface area contributed by atoms with Crippen LogP contribution in [0.25, 0.3) is 0 Å². The summed E-state index contributed by atoms with van der Waals surface area (Å²) in [4.78, 5) is 0. The predicted octanol–water partition coefficient (Wildman–Crippen LogP) is 2.50. The molecule has 0 heterocycles. The van der Waals surface area contributed by atoms with E-state index in [9.17, 15) is 18.3 Å². The smallest absolute Gasteiger partial charge is 0.416 e. The normalized spacial score (nSPS) is 14.9. The number of phenols is 1. The molecular weight excluding hydrogens is 326 g/mol. The van der Waals surface area contributed by atoms with Gasteiger partial charge in [0.2, 0.25) is 0 Å². The number of hydrogen-bond acceptors (Lipinski definition) is 3. The molecule has 0 unspecified atom stereocenters. The Morgan fingerprint density at radius 3 is 2.29 bits per heavy atom. The summed E-state index contributed by atoms with van der Waals surface area (Å²) in [6, 6.07) is 2.37. The lowest BCUT2D eigenvalue weighted by atomic mass is 10.0. The molecule has 8 heteroatoms. The van der Waals surface area contributed by atoms with E-state index in [1.807, 2.05) is 0 Å². The zero-order valence-electron chi connectivity index (χ0n) is 8.28. The summed E-state index contributed by atoms with van der Waals surface area (Å²) >= 11 is 2.95. The van der Waals surface area contributed by atoms with Gasteiger partial charge in [0.15, 0.2) is 6.10 Å². The molecule has 0 aromatic heterocycles. The second-order valence-electron chi connectivity index (χ2n) is 3.19. The lowest BCUT2D eigenvalue weighted by Crippen LogP contribution is -2.38. The molecule has 0 bridgehead atoms. The Morgan fingerprint density at radius 1 is 1.29 bits per heavy atom. The Morgan fingerprint density at radius 2 is 1.82 bits per heavy atom. The van der Waals surface area contributed by atoms with E-state index in [-0.39, 0.29) is 22.4 Å². The highest BCUT2D eigenvalue weighted by Gasteiger charge is 2.43. The van der Waals surface area contributed by atoms with Crippen molar-refractivity contribution in [1.29, 1.82) is 0 Å². The third-order valence-corrected chi connectivity index (χ3v) is 2.69. The number of rotatable bonds is 2. The van der Waals surface area contributed by atoms with Crippen LogP contribution < -0.4 is 5.73 Å². The Bertz CT molecular complexity index is 389. The number of nitrogens with two attached hydrogens (primary N) is 1. The van der Waals surface area contributed by atoms with Crippen molar-refractivity contribution in [3.05, 3.63) is 28.2 Å². The fourth-order valence-electron chi connectivity index (χ4n) is 1.17. The van der Waals surface area contributed by atoms with Crippen LogP contribution in [0, 0.1) is 0 Å². The average Bonchev–Trinajstić information content (AvgIpc) is 2.18. The highest BCUT2D eigenvalue weighted by Crippen LogP contribution is 2.35. The van der Waals surface area contributed by atoms with E-state index in [0.29, 0.717) is 0 Å². The van der Waals surface area contributed by atoms with Gasteiger partial charge in [-0.2, -0.15) is 13.2 Å². The fraction of sp³-hybridized carbons (Fsp3) is 0.333. The maximum atomic E-state index is 12.2. The van der Waals surface area contributed by atoms with Crippen LogP contribution in [-0.2, 0) is 0 Å². The summed E-state index contributed by atoms with van der Waals surface area (Å²) in [6.45, 7) is 0. The number of alkyl halides is 3. The van der Waals surface area contributed by atoms with Crippen LogP contribution in [-0.4, -0.2) is 22.5 Å². The number of phenolic OH excluding ortho intramolecular Hbond substituents is 1. The molecule has 0 radical (unpaired) electrons. The molecule has 98 valence electrons. The van der Waals surface area contributed by atoms with Gasteiger partial charge >= 0.3 is 6.18 Å². The molecule has 0 aliphatic rings. The second kappa shape index (κ2) is 5.90. The van der Waals surface area contributed by atoms with E-state index < -0.39 is 24.1 Å². The van der Waals surface area contributed by atoms with E-state index in [1.165, 1.54) is 18.2 Å². The molecule has 0 saturated carbocycles. The van der Waals surface area contributed by atoms with E-state index in [4.69, 9.17) is 10.8 Å². The van der Waals surface area contributed by atoms with Gasteiger partial charge in [0.25, 0.3) is 0 Å². The van der Waals surface area contributed by atoms with Crippen LogP contribution in [0.15, 0.2) is 22.7 Å². The van der Waals surface area contributed by atoms with E-state index in [1.54, 1.807) is 0 Å². The number of aliphatic hydroxyl groups is 1. The van der Waals surface area contributed by atoms with Gasteiger partial charge in [-0.05, 0) is 22.0 Å². The number of benzene rings is 1. The van der Waals surface area contributed by atoms with Gasteiger partial charge in [-0.15, -0.1) is 12.4 Å². The van der Waals surface area contributed by atoms with Crippen molar-refractivity contribution in [3.8, 4) is 5.75 Å². The van der Waals surface area contributed by atoms with Gasteiger partial charge in [-0.1, -0.05) is 12.1 Å². The van der Waals surface area contributed by atoms with Crippen LogP contribution in [0.2, 0.25) is 0 Å². The standard InChI is InChI=1S/C9H9BrF3NO2.ClH/c10-5-3-1-2-4(7(5)15)6(14)8(16)9(11,12)13;/h1-3,6,8,15-16H,14H2;1H/t6-,8-;/m1./s1. The van der Waals surface area contributed by atoms with Crippen molar-refractivity contribution in [2.75, 3.05) is 0 Å². The topological polar surface area (TPSA) is 66.5 Å². The van der Waals surface area contributed by atoms with Gasteiger partial charge in [0.1, 0.15) is 5.75 Å². The monoisotopic (exact) mass is 335 g/mol. The van der Waals surface area contributed by atoms with Crippen LogP contribution in [0.5, 0.6) is 5.75 Å². The average molecular weight is 337 g/mol. The van der Waals surface area contributed by atoms with Crippen LogP contribution in [0.3, 0.4) is 0 Å². The summed E-state index contributed by atoms with van der Waals surface area (Å²) in [5.41, 5.74) is 5.08. The van der Waals surface area contributed by atoms with Crippen molar-refractivity contribution >= 4 is 28.3 Å². The van der Waals surface area contributed by atoms with Crippen LogP contribution >= 0.6 is 28.3 Å². The molecule has 1 aromatic rings. The van der Waals surface area contributed by atoms with Crippen molar-refractivity contribution in [2.45, 2.75) is 18.3 Å². The number of para-hydroxylation sites is 1. The Kier molecular flexibility index (Phi) is 5.73. The maximum absolute atomic E-state index is 12.2. The molecule has 4 N–H and O–H groups in total. The quantitative estimate of drug-likeness (QED) is 0.777. The lowest BCUT2D eigenvalue weighted by molar-refractivity contribution is -0.210. The zero-order valence-corrected chi connectivity index (χ0v) is 10.7. The van der Waals surface area contributed by atoms with Gasteiger partial charge in [0.05, 0.1) is 10.5 Å². The van der Waals surface area contributed by atoms with Gasteiger partial charge in [0, 0.05) is 5.56 Å². The van der Waals surface area contributed by atoms with Gasteiger partial charge in [-0.3, -0.25) is 0 Å². The SMILES string of the molecule is Cl.N[C@H](c1cccc(Br)c1O)[C@@H](O)C(F)(F)F. The molecule has 2 atom stereocenters. The number of hydrogen-bond donors (Lipinski definition) is 3. The van der Waals surface area contributed by atoms with Gasteiger partial charge < -0.3 is 15.9 Å². The first kappa shape index (κ1) is 16.5. The van der Waals surface area contributed by atoms with Gasteiger partial charge in [-0.25, -0.2) is 0 Å². The molecule has 1 rings (SSSR count).